The lowest BCUT2D eigenvalue weighted by molar-refractivity contribution is -0.156. The van der Waals surface area contributed by atoms with E-state index in [1.54, 1.807) is 67.6 Å². The van der Waals surface area contributed by atoms with Crippen molar-refractivity contribution in [2.75, 3.05) is 53.9 Å². The summed E-state index contributed by atoms with van der Waals surface area (Å²) < 4.78 is 0. The van der Waals surface area contributed by atoms with E-state index in [0.29, 0.717) is 36.8 Å². The van der Waals surface area contributed by atoms with Crippen molar-refractivity contribution in [3.05, 3.63) is 71.8 Å². The number of fused-ring (bicyclic) bond motifs is 2. The van der Waals surface area contributed by atoms with E-state index in [0.717, 1.165) is 11.3 Å². The summed E-state index contributed by atoms with van der Waals surface area (Å²) in [4.78, 5) is 185. The smallest absolute Gasteiger partial charge is 0.255 e. The highest BCUT2D eigenvalue weighted by molar-refractivity contribution is 6.09. The topological polar surface area (TPSA) is 317 Å². The maximum absolute atomic E-state index is 15.2. The summed E-state index contributed by atoms with van der Waals surface area (Å²) in [6.45, 7) is 16.0. The van der Waals surface area contributed by atoms with Gasteiger partial charge in [-0.15, -0.1) is 0 Å². The number of nitrogens with one attached hydrogen (secondary N) is 6. The van der Waals surface area contributed by atoms with Crippen molar-refractivity contribution in [3.63, 3.8) is 0 Å². The molecule has 0 radical (unpaired) electrons. The molecule has 0 spiro atoms. The van der Waals surface area contributed by atoms with E-state index in [2.05, 4.69) is 31.9 Å². The number of aliphatic hydroxyl groups is 1. The fourth-order valence-electron chi connectivity index (χ4n) is 12.7. The van der Waals surface area contributed by atoms with Crippen LogP contribution in [0.25, 0.3) is 0 Å². The van der Waals surface area contributed by atoms with Crippen LogP contribution in [0.15, 0.2) is 60.7 Å². The third kappa shape index (κ3) is 19.6. The molecule has 0 saturated carbocycles. The second-order valence-corrected chi connectivity index (χ2v) is 27.0. The molecule has 4 aliphatic rings. The SMILES string of the molecule is CC[C@H](C)[C@H]1C(=O)NCC(=O)N(C)[C@@H](CC(C)C)C(=O)N[C@@H]([C@@H](C)O)C(=O)N2CCC[C@H]2C(=O)N[C@@H](Cc2ccccc2)C(=O)N[C@H](C(=O)N2CCCCC2)C(=O)N2CC[C@H]2C(=O)N[C@@H](Cc2ccccc2)C(=O)N(C)[C@@H](CC(C)C)C(=O)N[C@@H](CC(C)C)C(=O)N1C. The second kappa shape index (κ2) is 34.3. The minimum Gasteiger partial charge on any atom is -0.391 e. The molecule has 0 aliphatic carbocycles. The molecule has 4 saturated heterocycles. The molecule has 25 heteroatoms. The number of likely N-dealkylation sites (N-methyl/N-ethyl adjacent to an activating group) is 3. The van der Waals surface area contributed by atoms with Crippen LogP contribution in [-0.2, 0) is 70.4 Å². The van der Waals surface area contributed by atoms with Crippen LogP contribution in [0.1, 0.15) is 138 Å². The van der Waals surface area contributed by atoms with Gasteiger partial charge in [-0.1, -0.05) is 122 Å². The third-order valence-corrected chi connectivity index (χ3v) is 18.4. The first-order chi connectivity index (χ1) is 44.0. The molecule has 0 unspecified atom stereocenters. The third-order valence-electron chi connectivity index (χ3n) is 18.4. The number of rotatable bonds is 14. The normalized spacial score (nSPS) is 27.0. The minimum atomic E-state index is -1.87. The first-order valence-corrected chi connectivity index (χ1v) is 33.3. The zero-order chi connectivity index (χ0) is 68.5. The molecule has 0 aromatic heterocycles. The Morgan fingerprint density at radius 2 is 0.989 bits per heavy atom. The largest absolute Gasteiger partial charge is 0.391 e. The van der Waals surface area contributed by atoms with Crippen LogP contribution in [0.2, 0.25) is 0 Å². The van der Waals surface area contributed by atoms with Crippen LogP contribution < -0.4 is 31.9 Å². The van der Waals surface area contributed by atoms with Crippen LogP contribution in [0, 0.1) is 23.7 Å². The Hall–Kier alpha value is -7.96. The van der Waals surface area contributed by atoms with Crippen LogP contribution in [-0.4, -0.2) is 226 Å². The molecule has 512 valence electrons. The molecule has 0 bridgehead atoms. The maximum Gasteiger partial charge on any atom is 0.255 e. The number of piperidine rings is 1. The Balaban J connectivity index is 1.44. The summed E-state index contributed by atoms with van der Waals surface area (Å²) in [5.41, 5.74) is 1.25. The van der Waals surface area contributed by atoms with Crippen molar-refractivity contribution in [1.82, 2.24) is 61.3 Å². The molecular weight excluding hydrogens is 1190 g/mol. The lowest BCUT2D eigenvalue weighted by atomic mass is 9.94. The highest BCUT2D eigenvalue weighted by Gasteiger charge is 2.48. The molecule has 2 aromatic carbocycles. The van der Waals surface area contributed by atoms with Gasteiger partial charge in [0.05, 0.1) is 12.6 Å². The molecular formula is C68H102N12O13. The van der Waals surface area contributed by atoms with Gasteiger partial charge in [-0.2, -0.15) is 0 Å². The first-order valence-electron chi connectivity index (χ1n) is 33.3. The number of likely N-dealkylation sites (tertiary alicyclic amines) is 1. The Labute approximate surface area is 547 Å². The monoisotopic (exact) mass is 1290 g/mol. The van der Waals surface area contributed by atoms with E-state index in [9.17, 15) is 53.1 Å². The van der Waals surface area contributed by atoms with E-state index in [1.807, 2.05) is 48.5 Å². The molecule has 6 rings (SSSR count). The van der Waals surface area contributed by atoms with E-state index >= 15 is 9.59 Å². The number of amides is 12. The van der Waals surface area contributed by atoms with Crippen molar-refractivity contribution >= 4 is 70.9 Å². The van der Waals surface area contributed by atoms with Gasteiger partial charge in [0, 0.05) is 60.2 Å². The Morgan fingerprint density at radius 1 is 0.495 bits per heavy atom. The number of hydrogen-bond acceptors (Lipinski definition) is 13. The predicted molar refractivity (Wildman–Crippen MR) is 347 cm³/mol. The number of benzene rings is 2. The summed E-state index contributed by atoms with van der Waals surface area (Å²) in [7, 11) is 4.26. The molecule has 93 heavy (non-hydrogen) atoms. The zero-order valence-electron chi connectivity index (χ0n) is 56.5. The van der Waals surface area contributed by atoms with Gasteiger partial charge in [0.1, 0.15) is 54.4 Å². The summed E-state index contributed by atoms with van der Waals surface area (Å²) in [6, 6.07) is 4.03. The molecule has 2 aromatic rings. The van der Waals surface area contributed by atoms with Crippen molar-refractivity contribution in [2.24, 2.45) is 23.7 Å². The van der Waals surface area contributed by atoms with Gasteiger partial charge in [0.2, 0.25) is 59.1 Å². The lowest BCUT2D eigenvalue weighted by Gasteiger charge is -2.43. The van der Waals surface area contributed by atoms with Gasteiger partial charge in [0.15, 0.2) is 6.04 Å². The van der Waals surface area contributed by atoms with Crippen LogP contribution in [0.3, 0.4) is 0 Å². The van der Waals surface area contributed by atoms with Gasteiger partial charge in [0.25, 0.3) is 11.8 Å². The number of carbonyl (C=O) groups excluding carboxylic acids is 12. The van der Waals surface area contributed by atoms with E-state index < -0.39 is 150 Å². The van der Waals surface area contributed by atoms with Crippen LogP contribution in [0.4, 0.5) is 0 Å². The Bertz CT molecular complexity index is 2960. The zero-order valence-corrected chi connectivity index (χ0v) is 56.5. The quantitative estimate of drug-likeness (QED) is 0.133. The Kier molecular flexibility index (Phi) is 27.3. The fraction of sp³-hybridized carbons (Fsp3) is 0.647. The Morgan fingerprint density at radius 3 is 1.52 bits per heavy atom. The molecule has 12 atom stereocenters. The van der Waals surface area contributed by atoms with E-state index in [4.69, 9.17) is 0 Å². The van der Waals surface area contributed by atoms with Gasteiger partial charge in [-0.25, -0.2) is 0 Å². The average molecular weight is 1300 g/mol. The fourth-order valence-corrected chi connectivity index (χ4v) is 12.7. The maximum atomic E-state index is 15.2. The van der Waals surface area contributed by atoms with Crippen molar-refractivity contribution in [3.8, 4) is 0 Å². The standard InChI is InChI=1S/C68H102N12O13/c1-13-43(8)57-63(88)69-39-54(82)75(10)52(35-41(4)5)62(87)73-55(44(9)81)67(92)79-32-23-28-50(79)59(84)70-47(37-45-24-17-14-18-25-45)58(83)74-56(66(91)78-30-21-16-22-31-78)68(93)80-33-29-51(80)60(85)72-49(38-46-26-19-15-20-27-46)64(89)76(11)53(36-42(6)7)61(86)71-48(34-40(2)3)65(90)77(57)12/h14-15,17-20,24-27,40-44,47-53,55-57,81H,13,16,21-23,28-39H2,1-12H3,(H,69,88)(H,70,84)(H,71,86)(H,72,85)(H,73,87)(H,74,83)/t43-,44+,47-,48-,49-,50-,51-,52-,53-,55-,56+,57-/m0/s1. The second-order valence-electron chi connectivity index (χ2n) is 27.0. The van der Waals surface area contributed by atoms with Gasteiger partial charge in [-0.3, -0.25) is 57.5 Å². The van der Waals surface area contributed by atoms with E-state index in [-0.39, 0.29) is 88.9 Å². The van der Waals surface area contributed by atoms with E-state index in [1.165, 1.54) is 52.6 Å². The molecule has 25 nitrogen and oxygen atoms in total. The van der Waals surface area contributed by atoms with Crippen molar-refractivity contribution < 1.29 is 62.6 Å². The van der Waals surface area contributed by atoms with Gasteiger partial charge in [-0.05, 0) is 99.5 Å². The summed E-state index contributed by atoms with van der Waals surface area (Å²) in [5, 5.41) is 27.8. The van der Waals surface area contributed by atoms with Crippen LogP contribution >= 0.6 is 0 Å². The van der Waals surface area contributed by atoms with Gasteiger partial charge >= 0.3 is 0 Å². The first kappa shape index (κ1) is 74.1. The molecule has 7 N–H and O–H groups in total. The summed E-state index contributed by atoms with van der Waals surface area (Å²) >= 11 is 0. The molecule has 4 aliphatic heterocycles. The highest BCUT2D eigenvalue weighted by atomic mass is 16.3. The molecule has 4 heterocycles. The predicted octanol–water partition coefficient (Wildman–Crippen LogP) is 1.68. The van der Waals surface area contributed by atoms with Gasteiger partial charge < -0.3 is 66.4 Å². The molecule has 4 fully saturated rings. The number of carbonyl (C=O) groups is 12. The molecule has 12 amide bonds. The highest BCUT2D eigenvalue weighted by Crippen LogP contribution is 2.26. The van der Waals surface area contributed by atoms with Crippen LogP contribution in [0.5, 0.6) is 0 Å². The van der Waals surface area contributed by atoms with Crippen molar-refractivity contribution in [2.45, 2.75) is 206 Å². The summed E-state index contributed by atoms with van der Waals surface area (Å²) in [5.74, 6) is -10.0. The van der Waals surface area contributed by atoms with Crippen molar-refractivity contribution in [1.29, 1.82) is 0 Å². The average Bonchev–Trinajstić information content (AvgIpc) is 1.11. The minimum absolute atomic E-state index is 0.00449. The number of hydrogen-bond donors (Lipinski definition) is 7. The lowest BCUT2D eigenvalue weighted by Crippen LogP contribution is -2.67. The number of aliphatic hydroxyl groups excluding tert-OH is 1. The number of nitrogens with zero attached hydrogens (tertiary/aromatic N) is 6. The summed E-state index contributed by atoms with van der Waals surface area (Å²) in [6.07, 6.45) is 1.67.